The van der Waals surface area contributed by atoms with E-state index in [4.69, 9.17) is 0 Å². The van der Waals surface area contributed by atoms with Gasteiger partial charge in [0.2, 0.25) is 0 Å². The van der Waals surface area contributed by atoms with Gasteiger partial charge in [-0.05, 0) is 23.8 Å². The lowest BCUT2D eigenvalue weighted by atomic mass is 9.99. The van der Waals surface area contributed by atoms with Crippen LogP contribution in [0.5, 0.6) is 0 Å². The number of benzene rings is 1. The Labute approximate surface area is 117 Å². The Hall–Kier alpha value is -0.860. The van der Waals surface area contributed by atoms with Gasteiger partial charge in [-0.1, -0.05) is 62.9 Å². The van der Waals surface area contributed by atoms with Crippen LogP contribution >= 0.6 is 0 Å². The monoisotopic (exact) mass is 261 g/mol. The topological polar surface area (TPSA) is 32.3 Å². The van der Waals surface area contributed by atoms with E-state index in [1.54, 1.807) is 0 Å². The van der Waals surface area contributed by atoms with Crippen LogP contribution in [0.4, 0.5) is 0 Å². The van der Waals surface area contributed by atoms with E-state index in [9.17, 15) is 5.11 Å². The molecule has 2 unspecified atom stereocenters. The minimum atomic E-state index is -0.175. The molecule has 0 saturated heterocycles. The minimum absolute atomic E-state index is 0.175. The van der Waals surface area contributed by atoms with Gasteiger partial charge in [0.15, 0.2) is 0 Å². The molecule has 1 saturated carbocycles. The lowest BCUT2D eigenvalue weighted by Crippen LogP contribution is -2.30. The van der Waals surface area contributed by atoms with E-state index in [-0.39, 0.29) is 6.10 Å². The zero-order valence-corrected chi connectivity index (χ0v) is 12.0. The number of aliphatic hydroxyl groups is 1. The Bertz CT molecular complexity index is 346. The van der Waals surface area contributed by atoms with Crippen LogP contribution in [0.3, 0.4) is 0 Å². The molecular weight excluding hydrogens is 234 g/mol. The summed E-state index contributed by atoms with van der Waals surface area (Å²) in [5, 5.41) is 13.4. The number of nitrogens with one attached hydrogen (secondary N) is 1. The van der Waals surface area contributed by atoms with Crippen molar-refractivity contribution in [2.45, 2.75) is 51.0 Å². The first kappa shape index (κ1) is 14.5. The van der Waals surface area contributed by atoms with E-state index in [1.807, 2.05) is 0 Å². The van der Waals surface area contributed by atoms with Gasteiger partial charge in [0.05, 0.1) is 6.10 Å². The van der Waals surface area contributed by atoms with Crippen LogP contribution in [0.15, 0.2) is 30.3 Å². The van der Waals surface area contributed by atoms with E-state index in [0.29, 0.717) is 5.92 Å². The maximum absolute atomic E-state index is 10.0. The highest BCUT2D eigenvalue weighted by molar-refractivity contribution is 5.18. The summed E-state index contributed by atoms with van der Waals surface area (Å²) in [6.45, 7) is 3.89. The average molecular weight is 261 g/mol. The van der Waals surface area contributed by atoms with Gasteiger partial charge in [-0.25, -0.2) is 0 Å². The van der Waals surface area contributed by atoms with Crippen LogP contribution in [0.1, 0.15) is 50.5 Å². The van der Waals surface area contributed by atoms with Crippen molar-refractivity contribution in [1.82, 2.24) is 5.32 Å². The van der Waals surface area contributed by atoms with Gasteiger partial charge in [-0.3, -0.25) is 0 Å². The molecule has 2 heteroatoms. The second kappa shape index (κ2) is 7.66. The fraction of sp³-hybridized carbons (Fsp3) is 0.647. The van der Waals surface area contributed by atoms with Gasteiger partial charge in [0, 0.05) is 13.1 Å². The molecule has 2 atom stereocenters. The highest BCUT2D eigenvalue weighted by atomic mass is 16.3. The fourth-order valence-corrected chi connectivity index (χ4v) is 3.08. The summed E-state index contributed by atoms with van der Waals surface area (Å²) >= 11 is 0. The summed E-state index contributed by atoms with van der Waals surface area (Å²) in [6, 6.07) is 10.6. The normalized spacial score (nSPS) is 19.5. The summed E-state index contributed by atoms with van der Waals surface area (Å²) in [7, 11) is 0. The van der Waals surface area contributed by atoms with Crippen LogP contribution in [-0.2, 0) is 0 Å². The molecular formula is C17H27NO. The Kier molecular flexibility index (Phi) is 5.87. The lowest BCUT2D eigenvalue weighted by Gasteiger charge is -2.18. The zero-order valence-electron chi connectivity index (χ0n) is 12.0. The third-order valence-corrected chi connectivity index (χ3v) is 4.28. The molecule has 0 aliphatic heterocycles. The second-order valence-electron chi connectivity index (χ2n) is 6.01. The molecule has 19 heavy (non-hydrogen) atoms. The number of hydrogen-bond acceptors (Lipinski definition) is 2. The molecule has 0 spiro atoms. The third kappa shape index (κ3) is 4.96. The molecule has 106 valence electrons. The van der Waals surface area contributed by atoms with Crippen molar-refractivity contribution in [3.63, 3.8) is 0 Å². The summed E-state index contributed by atoms with van der Waals surface area (Å²) in [5.74, 6) is 1.27. The molecule has 1 aliphatic carbocycles. The van der Waals surface area contributed by atoms with E-state index in [1.165, 1.54) is 31.2 Å². The van der Waals surface area contributed by atoms with Crippen LogP contribution in [0.25, 0.3) is 0 Å². The predicted molar refractivity (Wildman–Crippen MR) is 80.3 cm³/mol. The second-order valence-corrected chi connectivity index (χ2v) is 6.01. The van der Waals surface area contributed by atoms with Crippen LogP contribution in [-0.4, -0.2) is 24.3 Å². The smallest absolute Gasteiger partial charge is 0.0667 e. The molecule has 1 aromatic carbocycles. The first-order chi connectivity index (χ1) is 9.25. The minimum Gasteiger partial charge on any atom is -0.392 e. The summed E-state index contributed by atoms with van der Waals surface area (Å²) in [4.78, 5) is 0. The molecule has 0 bridgehead atoms. The van der Waals surface area contributed by atoms with E-state index in [0.717, 1.165) is 25.4 Å². The van der Waals surface area contributed by atoms with Gasteiger partial charge in [-0.15, -0.1) is 0 Å². The molecule has 0 radical (unpaired) electrons. The Balaban J connectivity index is 1.62. The van der Waals surface area contributed by atoms with Crippen molar-refractivity contribution >= 4 is 0 Å². The van der Waals surface area contributed by atoms with Crippen molar-refractivity contribution in [2.75, 3.05) is 13.1 Å². The standard InChI is InChI=1S/C17H27NO/c1-14(16-9-3-2-4-10-16)12-18-13-17(19)11-15-7-5-6-8-15/h2-4,9-10,14-15,17-19H,5-8,11-13H2,1H3. The number of hydrogen-bond donors (Lipinski definition) is 2. The quantitative estimate of drug-likeness (QED) is 0.789. The maximum Gasteiger partial charge on any atom is 0.0667 e. The Morgan fingerprint density at radius 1 is 1.16 bits per heavy atom. The van der Waals surface area contributed by atoms with Crippen molar-refractivity contribution in [1.29, 1.82) is 0 Å². The Morgan fingerprint density at radius 3 is 2.53 bits per heavy atom. The maximum atomic E-state index is 10.0. The van der Waals surface area contributed by atoms with Gasteiger partial charge in [0.1, 0.15) is 0 Å². The highest BCUT2D eigenvalue weighted by Gasteiger charge is 2.18. The fourth-order valence-electron chi connectivity index (χ4n) is 3.08. The average Bonchev–Trinajstić information content (AvgIpc) is 2.92. The molecule has 1 fully saturated rings. The van der Waals surface area contributed by atoms with Crippen LogP contribution < -0.4 is 5.32 Å². The Morgan fingerprint density at radius 2 is 1.84 bits per heavy atom. The first-order valence-electron chi connectivity index (χ1n) is 7.69. The van der Waals surface area contributed by atoms with E-state index in [2.05, 4.69) is 42.6 Å². The first-order valence-corrected chi connectivity index (χ1v) is 7.69. The van der Waals surface area contributed by atoms with Crippen molar-refractivity contribution in [3.05, 3.63) is 35.9 Å². The molecule has 2 N–H and O–H groups in total. The van der Waals surface area contributed by atoms with Crippen LogP contribution in [0.2, 0.25) is 0 Å². The van der Waals surface area contributed by atoms with Crippen molar-refractivity contribution < 1.29 is 5.11 Å². The molecule has 2 nitrogen and oxygen atoms in total. The lowest BCUT2D eigenvalue weighted by molar-refractivity contribution is 0.140. The van der Waals surface area contributed by atoms with Gasteiger partial charge < -0.3 is 10.4 Å². The molecule has 2 rings (SSSR count). The summed E-state index contributed by atoms with van der Waals surface area (Å²) in [5.41, 5.74) is 1.36. The van der Waals surface area contributed by atoms with Gasteiger partial charge in [-0.2, -0.15) is 0 Å². The van der Waals surface area contributed by atoms with Crippen molar-refractivity contribution in [2.24, 2.45) is 5.92 Å². The van der Waals surface area contributed by atoms with Crippen molar-refractivity contribution in [3.8, 4) is 0 Å². The van der Waals surface area contributed by atoms with Gasteiger partial charge >= 0.3 is 0 Å². The number of aliphatic hydroxyl groups excluding tert-OH is 1. The highest BCUT2D eigenvalue weighted by Crippen LogP contribution is 2.28. The molecule has 0 heterocycles. The molecule has 1 aliphatic rings. The number of rotatable bonds is 7. The SMILES string of the molecule is CC(CNCC(O)CC1CCCC1)c1ccccc1. The van der Waals surface area contributed by atoms with E-state index >= 15 is 0 Å². The molecule has 1 aromatic rings. The van der Waals surface area contributed by atoms with Crippen LogP contribution in [0, 0.1) is 5.92 Å². The largest absolute Gasteiger partial charge is 0.392 e. The van der Waals surface area contributed by atoms with E-state index < -0.39 is 0 Å². The predicted octanol–water partition coefficient (Wildman–Crippen LogP) is 3.32. The van der Waals surface area contributed by atoms with Gasteiger partial charge in [0.25, 0.3) is 0 Å². The molecule has 0 amide bonds. The summed E-state index contributed by atoms with van der Waals surface area (Å²) < 4.78 is 0. The molecule has 0 aromatic heterocycles. The summed E-state index contributed by atoms with van der Waals surface area (Å²) in [6.07, 6.45) is 6.15. The third-order valence-electron chi connectivity index (χ3n) is 4.28. The zero-order chi connectivity index (χ0) is 13.5.